The second-order valence-corrected chi connectivity index (χ2v) is 4.67. The summed E-state index contributed by atoms with van der Waals surface area (Å²) in [6.07, 6.45) is 5.07. The number of nitrogens with two attached hydrogens (primary N) is 1. The SMILES string of the molecule is CSCCC(C)N(C)c1ccnc(N)c1. The van der Waals surface area contributed by atoms with Crippen LogP contribution in [0.1, 0.15) is 13.3 Å². The fraction of sp³-hybridized carbons (Fsp3) is 0.545. The van der Waals surface area contributed by atoms with Gasteiger partial charge in [0, 0.05) is 31.0 Å². The van der Waals surface area contributed by atoms with Crippen molar-refractivity contribution in [3.63, 3.8) is 0 Å². The molecule has 84 valence electrons. The van der Waals surface area contributed by atoms with Gasteiger partial charge in [-0.25, -0.2) is 4.98 Å². The van der Waals surface area contributed by atoms with Crippen molar-refractivity contribution in [2.45, 2.75) is 19.4 Å². The zero-order valence-electron chi connectivity index (χ0n) is 9.60. The molecule has 1 atom stereocenters. The van der Waals surface area contributed by atoms with E-state index in [-0.39, 0.29) is 0 Å². The minimum atomic E-state index is 0.527. The maximum atomic E-state index is 5.65. The van der Waals surface area contributed by atoms with Crippen LogP contribution >= 0.6 is 11.8 Å². The van der Waals surface area contributed by atoms with Crippen molar-refractivity contribution in [2.24, 2.45) is 0 Å². The van der Waals surface area contributed by atoms with Crippen LogP contribution in [-0.4, -0.2) is 30.1 Å². The van der Waals surface area contributed by atoms with Crippen LogP contribution in [0.5, 0.6) is 0 Å². The Morgan fingerprint density at radius 3 is 2.93 bits per heavy atom. The molecule has 1 aromatic rings. The summed E-state index contributed by atoms with van der Waals surface area (Å²) in [5, 5.41) is 0. The first-order valence-electron chi connectivity index (χ1n) is 5.08. The summed E-state index contributed by atoms with van der Waals surface area (Å²) < 4.78 is 0. The average molecular weight is 225 g/mol. The molecule has 1 rings (SSSR count). The zero-order valence-corrected chi connectivity index (χ0v) is 10.4. The van der Waals surface area contributed by atoms with Gasteiger partial charge in [-0.1, -0.05) is 0 Å². The number of nitrogens with zero attached hydrogens (tertiary/aromatic N) is 2. The summed E-state index contributed by atoms with van der Waals surface area (Å²) in [5.74, 6) is 1.77. The smallest absolute Gasteiger partial charge is 0.125 e. The van der Waals surface area contributed by atoms with Gasteiger partial charge in [-0.05, 0) is 31.4 Å². The van der Waals surface area contributed by atoms with Gasteiger partial charge in [-0.2, -0.15) is 11.8 Å². The lowest BCUT2D eigenvalue weighted by atomic mass is 10.2. The van der Waals surface area contributed by atoms with Crippen LogP contribution in [0.2, 0.25) is 0 Å². The summed E-state index contributed by atoms with van der Waals surface area (Å²) in [6.45, 7) is 2.23. The van der Waals surface area contributed by atoms with Crippen LogP contribution in [0.25, 0.3) is 0 Å². The lowest BCUT2D eigenvalue weighted by Gasteiger charge is -2.26. The number of pyridine rings is 1. The first-order valence-corrected chi connectivity index (χ1v) is 6.48. The van der Waals surface area contributed by atoms with Gasteiger partial charge in [0.2, 0.25) is 0 Å². The van der Waals surface area contributed by atoms with Gasteiger partial charge >= 0.3 is 0 Å². The Morgan fingerprint density at radius 1 is 1.60 bits per heavy atom. The van der Waals surface area contributed by atoms with Crippen LogP contribution in [0.4, 0.5) is 11.5 Å². The normalized spacial score (nSPS) is 12.5. The van der Waals surface area contributed by atoms with Crippen LogP contribution < -0.4 is 10.6 Å². The summed E-state index contributed by atoms with van der Waals surface area (Å²) in [7, 11) is 2.10. The highest BCUT2D eigenvalue weighted by Gasteiger charge is 2.09. The molecule has 0 saturated heterocycles. The highest BCUT2D eigenvalue weighted by molar-refractivity contribution is 7.98. The van der Waals surface area contributed by atoms with E-state index in [0.29, 0.717) is 11.9 Å². The van der Waals surface area contributed by atoms with Crippen molar-refractivity contribution < 1.29 is 0 Å². The van der Waals surface area contributed by atoms with Crippen molar-refractivity contribution in [1.82, 2.24) is 4.98 Å². The summed E-state index contributed by atoms with van der Waals surface area (Å²) in [4.78, 5) is 6.24. The van der Waals surface area contributed by atoms with E-state index < -0.39 is 0 Å². The molecule has 3 nitrogen and oxygen atoms in total. The number of anilines is 2. The molecule has 0 bridgehead atoms. The van der Waals surface area contributed by atoms with E-state index in [0.717, 1.165) is 5.69 Å². The van der Waals surface area contributed by atoms with Crippen LogP contribution in [0, 0.1) is 0 Å². The molecule has 0 saturated carbocycles. The molecule has 1 unspecified atom stereocenters. The molecule has 2 N–H and O–H groups in total. The molecule has 0 spiro atoms. The van der Waals surface area contributed by atoms with Crippen molar-refractivity contribution >= 4 is 23.3 Å². The van der Waals surface area contributed by atoms with Crippen molar-refractivity contribution in [3.05, 3.63) is 18.3 Å². The maximum Gasteiger partial charge on any atom is 0.125 e. The average Bonchev–Trinajstić information content (AvgIpc) is 2.24. The Labute approximate surface area is 96.1 Å². The van der Waals surface area contributed by atoms with E-state index >= 15 is 0 Å². The Hall–Kier alpha value is -0.900. The fourth-order valence-corrected chi connectivity index (χ4v) is 1.97. The van der Waals surface area contributed by atoms with E-state index in [4.69, 9.17) is 5.73 Å². The fourth-order valence-electron chi connectivity index (χ4n) is 1.39. The van der Waals surface area contributed by atoms with E-state index in [1.165, 1.54) is 12.2 Å². The zero-order chi connectivity index (χ0) is 11.3. The van der Waals surface area contributed by atoms with E-state index in [1.807, 2.05) is 23.9 Å². The van der Waals surface area contributed by atoms with Gasteiger partial charge in [0.1, 0.15) is 5.82 Å². The number of hydrogen-bond donors (Lipinski definition) is 1. The number of hydrogen-bond acceptors (Lipinski definition) is 4. The lowest BCUT2D eigenvalue weighted by molar-refractivity contribution is 0.669. The molecule has 1 aromatic heterocycles. The van der Waals surface area contributed by atoms with Gasteiger partial charge in [0.15, 0.2) is 0 Å². The molecular formula is C11H19N3S. The predicted molar refractivity (Wildman–Crippen MR) is 69.5 cm³/mol. The second kappa shape index (κ2) is 5.85. The quantitative estimate of drug-likeness (QED) is 0.834. The number of thioether (sulfide) groups is 1. The monoisotopic (exact) mass is 225 g/mol. The standard InChI is InChI=1S/C11H19N3S/c1-9(5-7-15-3)14(2)10-4-6-13-11(12)8-10/h4,6,8-9H,5,7H2,1-3H3,(H2,12,13). The minimum Gasteiger partial charge on any atom is -0.384 e. The summed E-state index contributed by atoms with van der Waals surface area (Å²) >= 11 is 1.88. The molecule has 0 amide bonds. The third-order valence-corrected chi connectivity index (χ3v) is 3.22. The van der Waals surface area contributed by atoms with Crippen molar-refractivity contribution in [3.8, 4) is 0 Å². The molecule has 4 heteroatoms. The predicted octanol–water partition coefficient (Wildman–Crippen LogP) is 2.24. The Kier molecular flexibility index (Phi) is 4.75. The molecular weight excluding hydrogens is 206 g/mol. The molecule has 0 aliphatic rings. The molecule has 0 aliphatic carbocycles. The largest absolute Gasteiger partial charge is 0.384 e. The van der Waals surface area contributed by atoms with Gasteiger partial charge < -0.3 is 10.6 Å². The van der Waals surface area contributed by atoms with Crippen molar-refractivity contribution in [1.29, 1.82) is 0 Å². The first kappa shape index (κ1) is 12.2. The number of aromatic nitrogens is 1. The van der Waals surface area contributed by atoms with Gasteiger partial charge in [-0.3, -0.25) is 0 Å². The van der Waals surface area contributed by atoms with Gasteiger partial charge in [-0.15, -0.1) is 0 Å². The summed E-state index contributed by atoms with van der Waals surface area (Å²) in [6, 6.07) is 4.43. The third kappa shape index (κ3) is 3.63. The van der Waals surface area contributed by atoms with Crippen LogP contribution in [0.15, 0.2) is 18.3 Å². The second-order valence-electron chi connectivity index (χ2n) is 3.68. The van der Waals surface area contributed by atoms with Crippen LogP contribution in [-0.2, 0) is 0 Å². The Morgan fingerprint density at radius 2 is 2.33 bits per heavy atom. The molecule has 0 fully saturated rings. The summed E-state index contributed by atoms with van der Waals surface area (Å²) in [5.41, 5.74) is 6.79. The molecule has 0 aliphatic heterocycles. The first-order chi connectivity index (χ1) is 7.15. The molecule has 0 aromatic carbocycles. The Bertz CT molecular complexity index is 304. The van der Waals surface area contributed by atoms with Crippen LogP contribution in [0.3, 0.4) is 0 Å². The topological polar surface area (TPSA) is 42.2 Å². The molecule has 0 radical (unpaired) electrons. The van der Waals surface area contributed by atoms with Crippen molar-refractivity contribution in [2.75, 3.05) is 29.7 Å². The highest BCUT2D eigenvalue weighted by atomic mass is 32.2. The van der Waals surface area contributed by atoms with E-state index in [9.17, 15) is 0 Å². The Balaban J connectivity index is 2.62. The molecule has 15 heavy (non-hydrogen) atoms. The third-order valence-electron chi connectivity index (χ3n) is 2.57. The lowest BCUT2D eigenvalue weighted by Crippen LogP contribution is -2.29. The van der Waals surface area contributed by atoms with E-state index in [2.05, 4.69) is 30.1 Å². The number of rotatable bonds is 5. The van der Waals surface area contributed by atoms with Gasteiger partial charge in [0.05, 0.1) is 0 Å². The van der Waals surface area contributed by atoms with E-state index in [1.54, 1.807) is 6.20 Å². The maximum absolute atomic E-state index is 5.65. The highest BCUT2D eigenvalue weighted by Crippen LogP contribution is 2.18. The number of nitrogen functional groups attached to an aromatic ring is 1. The minimum absolute atomic E-state index is 0.527. The van der Waals surface area contributed by atoms with Gasteiger partial charge in [0.25, 0.3) is 0 Å². The molecule has 1 heterocycles.